The Morgan fingerprint density at radius 1 is 0.449 bits per heavy atom. The van der Waals surface area contributed by atoms with Crippen molar-refractivity contribution in [2.24, 2.45) is 21.1 Å². The van der Waals surface area contributed by atoms with Crippen LogP contribution < -0.4 is 28.4 Å². The van der Waals surface area contributed by atoms with E-state index in [9.17, 15) is 0 Å². The van der Waals surface area contributed by atoms with E-state index in [1.54, 1.807) is 79.4 Å². The fraction of sp³-hybridized carbons (Fsp3) is 0.250. The normalized spacial score (nSPS) is 9.98. The average Bonchev–Trinajstić information content (AvgIpc) is 3.88. The molecule has 3 aromatic heterocycles. The number of aromatic nitrogens is 6. The summed E-state index contributed by atoms with van der Waals surface area (Å²) < 4.78 is 37.0. The van der Waals surface area contributed by atoms with Gasteiger partial charge in [-0.25, -0.2) is 0 Å². The monoisotopic (exact) mass is 844 g/mol. The van der Waals surface area contributed by atoms with Crippen LogP contribution in [0, 0.1) is 18.2 Å². The van der Waals surface area contributed by atoms with Gasteiger partial charge in [-0.05, 0) is 0 Å². The summed E-state index contributed by atoms with van der Waals surface area (Å²) in [6.45, 7) is 0. The molecule has 0 N–H and O–H groups in total. The van der Waals surface area contributed by atoms with Crippen molar-refractivity contribution >= 4 is 0 Å². The predicted molar refractivity (Wildman–Crippen MR) is 182 cm³/mol. The molecule has 0 fully saturated rings. The Balaban J connectivity index is 0.000000197. The summed E-state index contributed by atoms with van der Waals surface area (Å²) in [7, 11) is 15.5. The van der Waals surface area contributed by atoms with E-state index >= 15 is 0 Å². The van der Waals surface area contributed by atoms with Crippen LogP contribution in [-0.2, 0) is 41.2 Å². The van der Waals surface area contributed by atoms with E-state index in [1.165, 1.54) is 0 Å². The van der Waals surface area contributed by atoms with E-state index in [0.717, 1.165) is 51.4 Å². The molecule has 0 amide bonds. The first-order valence-corrected chi connectivity index (χ1v) is 14.6. The Kier molecular flexibility index (Phi) is 14.3. The third-order valence-corrected chi connectivity index (χ3v) is 7.14. The first-order valence-electron chi connectivity index (χ1n) is 14.6. The number of imidazole rings is 3. The van der Waals surface area contributed by atoms with Crippen LogP contribution in [-0.4, -0.2) is 71.3 Å². The second-order valence-electron chi connectivity index (χ2n) is 10.0. The van der Waals surface area contributed by atoms with Crippen molar-refractivity contribution < 1.29 is 48.5 Å². The molecule has 0 aliphatic rings. The molecule has 12 nitrogen and oxygen atoms in total. The van der Waals surface area contributed by atoms with Gasteiger partial charge in [-0.3, -0.25) is 15.0 Å². The zero-order valence-corrected chi connectivity index (χ0v) is 31.3. The fourth-order valence-electron chi connectivity index (χ4n) is 4.55. The summed E-state index contributed by atoms with van der Waals surface area (Å²) in [6.07, 6.45) is 10.9. The number of ether oxygens (including phenoxy) is 6. The summed E-state index contributed by atoms with van der Waals surface area (Å²) in [5.41, 5.74) is 2.49. The van der Waals surface area contributed by atoms with Gasteiger partial charge in [0.05, 0.1) is 60.1 Å². The van der Waals surface area contributed by atoms with Gasteiger partial charge in [0.15, 0.2) is 0 Å². The molecule has 0 radical (unpaired) electrons. The van der Waals surface area contributed by atoms with Crippen LogP contribution in [0.5, 0.6) is 34.5 Å². The molecule has 0 spiro atoms. The number of hydrogen-bond donors (Lipinski definition) is 0. The number of rotatable bonds is 9. The van der Waals surface area contributed by atoms with E-state index in [2.05, 4.69) is 33.2 Å². The number of methoxy groups -OCH3 is 6. The van der Waals surface area contributed by atoms with Gasteiger partial charge in [0.2, 0.25) is 0 Å². The van der Waals surface area contributed by atoms with Crippen molar-refractivity contribution in [3.63, 3.8) is 0 Å². The molecule has 6 rings (SSSR count). The van der Waals surface area contributed by atoms with E-state index in [0.29, 0.717) is 17.2 Å². The first-order chi connectivity index (χ1) is 23.3. The van der Waals surface area contributed by atoms with Crippen LogP contribution in [0.3, 0.4) is 0 Å². The second kappa shape index (κ2) is 18.3. The molecule has 3 heterocycles. The standard InChI is InChI=1S/3C12H13N2O2.Ir/c3*1-14-7-6-13-12(14)10-5-4-9(15-2)8-11(10)16-3;/h3*4,6-8H,1-3H3;/q3*-1;+3. The van der Waals surface area contributed by atoms with E-state index in [-0.39, 0.29) is 20.1 Å². The fourth-order valence-corrected chi connectivity index (χ4v) is 4.55. The molecule has 49 heavy (non-hydrogen) atoms. The Morgan fingerprint density at radius 3 is 0.898 bits per heavy atom. The maximum Gasteiger partial charge on any atom is 3.00 e. The molecular weight excluding hydrogens is 805 g/mol. The van der Waals surface area contributed by atoms with Gasteiger partial charge < -0.3 is 42.1 Å². The topological polar surface area (TPSA) is 109 Å². The average molecular weight is 844 g/mol. The van der Waals surface area contributed by atoms with E-state index < -0.39 is 0 Å². The van der Waals surface area contributed by atoms with Crippen LogP contribution in [0.15, 0.2) is 73.6 Å². The Morgan fingerprint density at radius 2 is 0.714 bits per heavy atom. The Labute approximate surface area is 300 Å². The second-order valence-corrected chi connectivity index (χ2v) is 10.0. The van der Waals surface area contributed by atoms with Gasteiger partial charge in [0.25, 0.3) is 0 Å². The molecule has 258 valence electrons. The molecule has 6 aromatic rings. The van der Waals surface area contributed by atoms with Crippen molar-refractivity contribution in [2.45, 2.75) is 0 Å². The molecule has 0 saturated heterocycles. The quantitative estimate of drug-likeness (QED) is 0.169. The minimum absolute atomic E-state index is 0. The molecule has 0 aliphatic heterocycles. The summed E-state index contributed by atoms with van der Waals surface area (Å²) in [6, 6.07) is 20.1. The van der Waals surface area contributed by atoms with E-state index in [4.69, 9.17) is 28.4 Å². The molecule has 13 heteroatoms. The number of hydrogen-bond acceptors (Lipinski definition) is 9. The summed E-state index contributed by atoms with van der Waals surface area (Å²) in [4.78, 5) is 12.8. The maximum atomic E-state index is 5.30. The van der Waals surface area contributed by atoms with Gasteiger partial charge in [-0.1, -0.05) is 34.9 Å². The molecule has 0 atom stereocenters. The molecule has 0 saturated carbocycles. The van der Waals surface area contributed by atoms with Gasteiger partial charge in [-0.15, -0.1) is 36.4 Å². The summed E-state index contributed by atoms with van der Waals surface area (Å²) >= 11 is 0. The van der Waals surface area contributed by atoms with Crippen LogP contribution in [0.25, 0.3) is 34.2 Å². The summed E-state index contributed by atoms with van der Waals surface area (Å²) in [5.74, 6) is 6.72. The van der Waals surface area contributed by atoms with Gasteiger partial charge in [0, 0.05) is 92.8 Å². The third-order valence-electron chi connectivity index (χ3n) is 7.14. The zero-order chi connectivity index (χ0) is 34.6. The van der Waals surface area contributed by atoms with Crippen LogP contribution in [0.4, 0.5) is 0 Å². The Bertz CT molecular complexity index is 1700. The van der Waals surface area contributed by atoms with Crippen molar-refractivity contribution in [3.05, 3.63) is 91.8 Å². The molecular formula is C36H39IrN6O6. The Hall–Kier alpha value is -5.26. The minimum atomic E-state index is 0. The molecule has 0 unspecified atom stereocenters. The van der Waals surface area contributed by atoms with Crippen LogP contribution in [0.2, 0.25) is 0 Å². The number of benzene rings is 3. The predicted octanol–water partition coefficient (Wildman–Crippen LogP) is 5.71. The van der Waals surface area contributed by atoms with Gasteiger partial charge >= 0.3 is 20.1 Å². The van der Waals surface area contributed by atoms with Crippen molar-refractivity contribution in [2.75, 3.05) is 42.7 Å². The van der Waals surface area contributed by atoms with Gasteiger partial charge in [0.1, 0.15) is 0 Å². The number of aryl methyl sites for hydroxylation is 3. The minimum Gasteiger partial charge on any atom is -0.540 e. The zero-order valence-electron chi connectivity index (χ0n) is 28.9. The molecule has 0 aliphatic carbocycles. The van der Waals surface area contributed by atoms with Gasteiger partial charge in [-0.2, -0.15) is 0 Å². The largest absolute Gasteiger partial charge is 3.00 e. The van der Waals surface area contributed by atoms with Crippen molar-refractivity contribution in [3.8, 4) is 68.7 Å². The molecule has 3 aromatic carbocycles. The summed E-state index contributed by atoms with van der Waals surface area (Å²) in [5, 5.41) is 0. The maximum absolute atomic E-state index is 5.30. The van der Waals surface area contributed by atoms with Crippen molar-refractivity contribution in [1.29, 1.82) is 0 Å². The molecule has 0 bridgehead atoms. The first kappa shape index (κ1) is 38.2. The van der Waals surface area contributed by atoms with Crippen LogP contribution >= 0.6 is 0 Å². The van der Waals surface area contributed by atoms with E-state index in [1.807, 2.05) is 71.6 Å². The van der Waals surface area contributed by atoms with Crippen molar-refractivity contribution in [1.82, 2.24) is 28.7 Å². The third kappa shape index (κ3) is 9.21. The SMILES string of the molecule is COc1c[c-]c(-c2nccn2C)c(OC)c1.COc1c[c-]c(-c2nccn2C)c(OC)c1.COc1c[c-]c(-c2nccn2C)c(OC)c1.[Ir+3]. The van der Waals surface area contributed by atoms with Crippen LogP contribution in [0.1, 0.15) is 0 Å². The smallest absolute Gasteiger partial charge is 0.540 e. The number of nitrogens with zero attached hydrogens (tertiary/aromatic N) is 6.